The number of anilines is 1. The minimum Gasteiger partial charge on any atom is -0.355 e. The zero-order chi connectivity index (χ0) is 17.8. The quantitative estimate of drug-likeness (QED) is 0.700. The molecule has 0 aliphatic heterocycles. The number of thiophene rings is 1. The smallest absolute Gasteiger partial charge is 0.265 e. The fourth-order valence-electron chi connectivity index (χ4n) is 2.27. The molecule has 1 aromatic heterocycles. The van der Waals surface area contributed by atoms with E-state index in [0.29, 0.717) is 21.2 Å². The summed E-state index contributed by atoms with van der Waals surface area (Å²) >= 11 is 7.31. The number of hydrogen-bond acceptors (Lipinski definition) is 3. The lowest BCUT2D eigenvalue weighted by Crippen LogP contribution is -2.17. The van der Waals surface area contributed by atoms with E-state index in [1.54, 1.807) is 37.4 Å². The van der Waals surface area contributed by atoms with Crippen molar-refractivity contribution in [1.29, 1.82) is 0 Å². The summed E-state index contributed by atoms with van der Waals surface area (Å²) < 4.78 is 0. The molecule has 1 heterocycles. The van der Waals surface area contributed by atoms with E-state index < -0.39 is 0 Å². The van der Waals surface area contributed by atoms with Gasteiger partial charge in [-0.05, 0) is 54.1 Å². The Kier molecular flexibility index (Phi) is 5.16. The molecular weight excluding hydrogens is 356 g/mol. The molecule has 3 aromatic rings. The highest BCUT2D eigenvalue weighted by Gasteiger charge is 2.11. The Labute approximate surface area is 154 Å². The van der Waals surface area contributed by atoms with Crippen LogP contribution in [0.2, 0.25) is 5.02 Å². The number of amides is 2. The summed E-state index contributed by atoms with van der Waals surface area (Å²) in [7, 11) is 1.58. The molecule has 2 amide bonds. The van der Waals surface area contributed by atoms with Gasteiger partial charge in [-0.2, -0.15) is 0 Å². The van der Waals surface area contributed by atoms with Crippen molar-refractivity contribution in [3.05, 3.63) is 76.1 Å². The summed E-state index contributed by atoms with van der Waals surface area (Å²) in [4.78, 5) is 25.5. The first-order valence-electron chi connectivity index (χ1n) is 7.56. The number of benzene rings is 2. The maximum atomic E-state index is 12.4. The Morgan fingerprint density at radius 3 is 2.20 bits per heavy atom. The Bertz CT molecular complexity index is 902. The molecule has 6 heteroatoms. The van der Waals surface area contributed by atoms with Gasteiger partial charge in [0.2, 0.25) is 0 Å². The predicted molar refractivity (Wildman–Crippen MR) is 103 cm³/mol. The Morgan fingerprint density at radius 2 is 1.56 bits per heavy atom. The average Bonchev–Trinajstić information content (AvgIpc) is 3.12. The van der Waals surface area contributed by atoms with Crippen LogP contribution in [0.4, 0.5) is 5.69 Å². The second-order valence-electron chi connectivity index (χ2n) is 5.28. The molecule has 4 nitrogen and oxygen atoms in total. The second kappa shape index (κ2) is 7.51. The Morgan fingerprint density at radius 1 is 0.880 bits per heavy atom. The van der Waals surface area contributed by atoms with E-state index in [9.17, 15) is 9.59 Å². The third-order valence-electron chi connectivity index (χ3n) is 3.59. The van der Waals surface area contributed by atoms with Crippen LogP contribution >= 0.6 is 22.9 Å². The van der Waals surface area contributed by atoms with Gasteiger partial charge >= 0.3 is 0 Å². The third-order valence-corrected chi connectivity index (χ3v) is 4.98. The molecule has 0 fully saturated rings. The van der Waals surface area contributed by atoms with Crippen LogP contribution in [0.5, 0.6) is 0 Å². The van der Waals surface area contributed by atoms with Gasteiger partial charge in [-0.15, -0.1) is 11.3 Å². The fourth-order valence-corrected chi connectivity index (χ4v) is 3.30. The lowest BCUT2D eigenvalue weighted by molar-refractivity contribution is 0.0962. The molecular formula is C19H15ClN2O2S. The summed E-state index contributed by atoms with van der Waals surface area (Å²) in [6.45, 7) is 0. The highest BCUT2D eigenvalue weighted by molar-refractivity contribution is 7.17. The monoisotopic (exact) mass is 370 g/mol. The zero-order valence-electron chi connectivity index (χ0n) is 13.4. The van der Waals surface area contributed by atoms with Gasteiger partial charge in [0.05, 0.1) is 4.88 Å². The predicted octanol–water partition coefficient (Wildman–Crippen LogP) is 4.68. The van der Waals surface area contributed by atoms with Crippen molar-refractivity contribution in [2.75, 3.05) is 12.4 Å². The number of hydrogen-bond donors (Lipinski definition) is 2. The van der Waals surface area contributed by atoms with Gasteiger partial charge in [0.1, 0.15) is 0 Å². The topological polar surface area (TPSA) is 58.2 Å². The lowest BCUT2D eigenvalue weighted by Gasteiger charge is -2.05. The van der Waals surface area contributed by atoms with Crippen LogP contribution < -0.4 is 10.6 Å². The molecule has 0 bridgehead atoms. The zero-order valence-corrected chi connectivity index (χ0v) is 14.9. The van der Waals surface area contributed by atoms with Crippen LogP contribution in [0, 0.1) is 0 Å². The molecule has 3 rings (SSSR count). The van der Waals surface area contributed by atoms with Gasteiger partial charge in [-0.1, -0.05) is 23.7 Å². The molecule has 0 aliphatic carbocycles. The fraction of sp³-hybridized carbons (Fsp3) is 0.0526. The summed E-state index contributed by atoms with van der Waals surface area (Å²) in [6.07, 6.45) is 0. The normalized spacial score (nSPS) is 10.3. The van der Waals surface area contributed by atoms with E-state index >= 15 is 0 Å². The summed E-state index contributed by atoms with van der Waals surface area (Å²) in [5.74, 6) is -0.346. The van der Waals surface area contributed by atoms with E-state index in [4.69, 9.17) is 11.6 Å². The molecule has 2 N–H and O–H groups in total. The van der Waals surface area contributed by atoms with Crippen molar-refractivity contribution < 1.29 is 9.59 Å². The van der Waals surface area contributed by atoms with Gasteiger partial charge in [0.15, 0.2) is 0 Å². The second-order valence-corrected chi connectivity index (χ2v) is 6.80. The highest BCUT2D eigenvalue weighted by Crippen LogP contribution is 2.29. The number of halogens is 1. The summed E-state index contributed by atoms with van der Waals surface area (Å²) in [6, 6.07) is 18.0. The SMILES string of the molecule is CNC(=O)c1ccc(NC(=O)c2ccc(-c3ccc(Cl)cc3)s2)cc1. The van der Waals surface area contributed by atoms with Crippen molar-refractivity contribution in [2.45, 2.75) is 0 Å². The van der Waals surface area contributed by atoms with Crippen LogP contribution in [0.3, 0.4) is 0 Å². The minimum absolute atomic E-state index is 0.163. The number of carbonyl (C=O) groups is 2. The van der Waals surface area contributed by atoms with Gasteiger partial charge in [-0.25, -0.2) is 0 Å². The molecule has 2 aromatic carbocycles. The standard InChI is InChI=1S/C19H15ClN2O2S/c1-21-18(23)13-4-8-15(9-5-13)22-19(24)17-11-10-16(25-17)12-2-6-14(20)7-3-12/h2-11H,1H3,(H,21,23)(H,22,24). The number of nitrogens with one attached hydrogen (secondary N) is 2. The first-order chi connectivity index (χ1) is 12.1. The molecule has 0 atom stereocenters. The van der Waals surface area contributed by atoms with Gasteiger partial charge in [-0.3, -0.25) is 9.59 Å². The van der Waals surface area contributed by atoms with Crippen molar-refractivity contribution in [3.8, 4) is 10.4 Å². The highest BCUT2D eigenvalue weighted by atomic mass is 35.5. The minimum atomic E-state index is -0.182. The molecule has 0 spiro atoms. The molecule has 0 unspecified atom stereocenters. The van der Waals surface area contributed by atoms with Crippen LogP contribution in [-0.4, -0.2) is 18.9 Å². The maximum Gasteiger partial charge on any atom is 0.265 e. The van der Waals surface area contributed by atoms with Crippen LogP contribution in [0.15, 0.2) is 60.7 Å². The van der Waals surface area contributed by atoms with Gasteiger partial charge < -0.3 is 10.6 Å². The van der Waals surface area contributed by atoms with Gasteiger partial charge in [0, 0.05) is 28.2 Å². The molecule has 0 aliphatic rings. The van der Waals surface area contributed by atoms with E-state index in [-0.39, 0.29) is 11.8 Å². The van der Waals surface area contributed by atoms with Crippen molar-refractivity contribution in [3.63, 3.8) is 0 Å². The van der Waals surface area contributed by atoms with Crippen LogP contribution in [-0.2, 0) is 0 Å². The maximum absolute atomic E-state index is 12.4. The molecule has 0 saturated heterocycles. The summed E-state index contributed by atoms with van der Waals surface area (Å²) in [5, 5.41) is 6.07. The lowest BCUT2D eigenvalue weighted by atomic mass is 10.2. The number of rotatable bonds is 4. The van der Waals surface area contributed by atoms with Crippen LogP contribution in [0.25, 0.3) is 10.4 Å². The van der Waals surface area contributed by atoms with Crippen LogP contribution in [0.1, 0.15) is 20.0 Å². The molecule has 25 heavy (non-hydrogen) atoms. The Hall–Kier alpha value is -2.63. The molecule has 126 valence electrons. The van der Waals surface area contributed by atoms with Crippen molar-refractivity contribution >= 4 is 40.4 Å². The number of carbonyl (C=O) groups excluding carboxylic acids is 2. The van der Waals surface area contributed by atoms with E-state index in [1.165, 1.54) is 11.3 Å². The van der Waals surface area contributed by atoms with E-state index in [0.717, 1.165) is 10.4 Å². The van der Waals surface area contributed by atoms with E-state index in [1.807, 2.05) is 30.3 Å². The molecule has 0 saturated carbocycles. The first-order valence-corrected chi connectivity index (χ1v) is 8.75. The van der Waals surface area contributed by atoms with Gasteiger partial charge in [0.25, 0.3) is 11.8 Å². The summed E-state index contributed by atoms with van der Waals surface area (Å²) in [5.41, 5.74) is 2.20. The van der Waals surface area contributed by atoms with E-state index in [2.05, 4.69) is 10.6 Å². The van der Waals surface area contributed by atoms with Crippen molar-refractivity contribution in [1.82, 2.24) is 5.32 Å². The average molecular weight is 371 g/mol. The first kappa shape index (κ1) is 17.2. The molecule has 0 radical (unpaired) electrons. The van der Waals surface area contributed by atoms with Crippen molar-refractivity contribution in [2.24, 2.45) is 0 Å². The largest absolute Gasteiger partial charge is 0.355 e. The Balaban J connectivity index is 1.71. The third kappa shape index (κ3) is 4.07.